The van der Waals surface area contributed by atoms with E-state index in [4.69, 9.17) is 14.4 Å². The monoisotopic (exact) mass is 904 g/mol. The van der Waals surface area contributed by atoms with Gasteiger partial charge in [-0.15, -0.1) is 0 Å². The Morgan fingerprint density at radius 2 is 1.09 bits per heavy atom. The number of aryl methyl sites for hydroxylation is 1. The molecule has 68 heavy (non-hydrogen) atoms. The van der Waals surface area contributed by atoms with Crippen LogP contribution < -0.4 is 46.4 Å². The van der Waals surface area contributed by atoms with Gasteiger partial charge in [-0.05, 0) is 84.0 Å². The first-order valence-corrected chi connectivity index (χ1v) is 27.2. The zero-order chi connectivity index (χ0) is 45.2. The van der Waals surface area contributed by atoms with Crippen LogP contribution >= 0.6 is 0 Å². The molecule has 3 aromatic heterocycles. The summed E-state index contributed by atoms with van der Waals surface area (Å²) in [6.07, 6.45) is 1.92. The fraction of sp³-hybridized carbons (Fsp3) is 0.0164. The standard InChI is InChI=1S/C61H44N4OSi2/c1-64-52-33-16-15-32-51(52)63-61(64)43-21-20-30-48(41-43)67(44-22-6-2-7-23-44,45-24-8-3-9-25-45)49-36-38-56-53(42-49)65(58-35-18-19-40-62-58)60-57(39-37-55-59(60)50-31-14-17-34-54(50)66-55)68(56,46-26-10-4-11-27-46)47-28-12-5-13-29-47/h2-42H,1H3. The van der Waals surface area contributed by atoms with E-state index in [1.807, 2.05) is 12.3 Å². The van der Waals surface area contributed by atoms with Crippen LogP contribution in [0.1, 0.15) is 0 Å². The highest BCUT2D eigenvalue weighted by Crippen LogP contribution is 2.44. The summed E-state index contributed by atoms with van der Waals surface area (Å²) in [5.74, 6) is 1.79. The Hall–Kier alpha value is -8.37. The molecule has 1 aliphatic heterocycles. The van der Waals surface area contributed by atoms with Crippen molar-refractivity contribution in [1.82, 2.24) is 14.5 Å². The molecule has 0 spiro atoms. The van der Waals surface area contributed by atoms with Gasteiger partial charge in [-0.25, -0.2) is 9.97 Å². The number of furan rings is 1. The molecular formula is C61H44N4OSi2. The Balaban J connectivity index is 1.19. The van der Waals surface area contributed by atoms with Gasteiger partial charge in [0.15, 0.2) is 16.1 Å². The number of fused-ring (bicyclic) bond motifs is 7. The molecular weight excluding hydrogens is 861 g/mol. The Morgan fingerprint density at radius 1 is 0.485 bits per heavy atom. The molecule has 0 bridgehead atoms. The first-order valence-electron chi connectivity index (χ1n) is 23.2. The highest BCUT2D eigenvalue weighted by Gasteiger charge is 2.51. The lowest BCUT2D eigenvalue weighted by molar-refractivity contribution is 0.669. The molecule has 322 valence electrons. The van der Waals surface area contributed by atoms with E-state index in [1.54, 1.807) is 0 Å². The Bertz CT molecular complexity index is 3740. The van der Waals surface area contributed by atoms with E-state index < -0.39 is 16.1 Å². The zero-order valence-electron chi connectivity index (χ0n) is 37.4. The molecule has 5 nitrogen and oxygen atoms in total. The quantitative estimate of drug-likeness (QED) is 0.113. The summed E-state index contributed by atoms with van der Waals surface area (Å²) in [7, 11) is -4.18. The van der Waals surface area contributed by atoms with Gasteiger partial charge in [0.05, 0.1) is 22.1 Å². The van der Waals surface area contributed by atoms with Gasteiger partial charge in [0.25, 0.3) is 0 Å². The minimum absolute atomic E-state index is 0.851. The SMILES string of the molecule is Cn1c(-c2cccc([Si](c3ccccc3)(c3ccccc3)c3ccc4c(c3)N(c3ccccn3)c3c(ccc5oc6ccccc6c35)[Si]4(c3ccccc3)c3ccccc3)c2)nc2ccccc21. The van der Waals surface area contributed by atoms with Crippen molar-refractivity contribution in [3.05, 3.63) is 249 Å². The van der Waals surface area contributed by atoms with Crippen LogP contribution in [-0.2, 0) is 7.05 Å². The largest absolute Gasteiger partial charge is 0.456 e. The lowest BCUT2D eigenvalue weighted by Gasteiger charge is -2.45. The van der Waals surface area contributed by atoms with Crippen LogP contribution in [0.4, 0.5) is 17.2 Å². The smallest absolute Gasteiger partial charge is 0.184 e. The van der Waals surface area contributed by atoms with Crippen LogP contribution in [0.3, 0.4) is 0 Å². The average molecular weight is 905 g/mol. The maximum absolute atomic E-state index is 6.77. The molecule has 0 saturated heterocycles. The van der Waals surface area contributed by atoms with Crippen LogP contribution in [0, 0.1) is 0 Å². The Kier molecular flexibility index (Phi) is 9.35. The topological polar surface area (TPSA) is 47.1 Å². The Morgan fingerprint density at radius 3 is 1.78 bits per heavy atom. The van der Waals surface area contributed by atoms with Gasteiger partial charge in [-0.3, -0.25) is 4.90 Å². The minimum Gasteiger partial charge on any atom is -0.456 e. The summed E-state index contributed by atoms with van der Waals surface area (Å²) in [5.41, 5.74) is 7.14. The van der Waals surface area contributed by atoms with Crippen molar-refractivity contribution in [3.63, 3.8) is 0 Å². The molecule has 0 unspecified atom stereocenters. The van der Waals surface area contributed by atoms with Crippen LogP contribution in [-0.4, -0.2) is 30.7 Å². The fourth-order valence-corrected chi connectivity index (χ4v) is 21.3. The molecule has 0 fully saturated rings. The number of anilines is 3. The van der Waals surface area contributed by atoms with Gasteiger partial charge >= 0.3 is 0 Å². The number of para-hydroxylation sites is 3. The molecule has 0 saturated carbocycles. The van der Waals surface area contributed by atoms with Crippen molar-refractivity contribution in [2.24, 2.45) is 7.05 Å². The number of hydrogen-bond donors (Lipinski definition) is 0. The zero-order valence-corrected chi connectivity index (χ0v) is 39.4. The third-order valence-corrected chi connectivity index (χ3v) is 23.9. The van der Waals surface area contributed by atoms with Gasteiger partial charge in [-0.2, -0.15) is 0 Å². The molecule has 0 aliphatic carbocycles. The summed E-state index contributed by atoms with van der Waals surface area (Å²) < 4.78 is 8.99. The third-order valence-electron chi connectivity index (χ3n) is 14.3. The van der Waals surface area contributed by atoms with Gasteiger partial charge in [0.2, 0.25) is 0 Å². The van der Waals surface area contributed by atoms with Crippen LogP contribution in [0.5, 0.6) is 0 Å². The van der Waals surface area contributed by atoms with Crippen molar-refractivity contribution in [1.29, 1.82) is 0 Å². The third kappa shape index (κ3) is 5.86. The number of pyridine rings is 1. The minimum atomic E-state index is -3.18. The highest BCUT2D eigenvalue weighted by molar-refractivity contribution is 7.22. The molecule has 9 aromatic carbocycles. The molecule has 7 heteroatoms. The normalized spacial score (nSPS) is 13.2. The molecule has 0 amide bonds. The van der Waals surface area contributed by atoms with E-state index in [-0.39, 0.29) is 0 Å². The first kappa shape index (κ1) is 40.0. The number of nitrogens with zero attached hydrogens (tertiary/aromatic N) is 4. The van der Waals surface area contributed by atoms with E-state index >= 15 is 0 Å². The van der Waals surface area contributed by atoms with E-state index in [0.29, 0.717) is 0 Å². The van der Waals surface area contributed by atoms with Crippen LogP contribution in [0.25, 0.3) is 44.4 Å². The number of imidazole rings is 1. The fourth-order valence-electron chi connectivity index (χ4n) is 11.4. The molecule has 13 rings (SSSR count). The van der Waals surface area contributed by atoms with Gasteiger partial charge < -0.3 is 8.98 Å². The van der Waals surface area contributed by atoms with Crippen molar-refractivity contribution in [2.45, 2.75) is 0 Å². The van der Waals surface area contributed by atoms with Crippen molar-refractivity contribution >= 4 is 108 Å². The predicted molar refractivity (Wildman–Crippen MR) is 287 cm³/mol. The van der Waals surface area contributed by atoms with Crippen LogP contribution in [0.2, 0.25) is 0 Å². The lowest BCUT2D eigenvalue weighted by atomic mass is 10.1. The number of rotatable bonds is 8. The number of hydrogen-bond acceptors (Lipinski definition) is 4. The molecule has 1 aliphatic rings. The highest BCUT2D eigenvalue weighted by atomic mass is 28.3. The van der Waals surface area contributed by atoms with Crippen molar-refractivity contribution in [3.8, 4) is 11.4 Å². The number of aromatic nitrogens is 3. The maximum atomic E-state index is 6.77. The predicted octanol–water partition coefficient (Wildman–Crippen LogP) is 9.07. The van der Waals surface area contributed by atoms with Crippen LogP contribution in [0.15, 0.2) is 253 Å². The van der Waals surface area contributed by atoms with Gasteiger partial charge in [0.1, 0.15) is 22.8 Å². The van der Waals surface area contributed by atoms with E-state index in [1.165, 1.54) is 41.5 Å². The summed E-state index contributed by atoms with van der Waals surface area (Å²) in [5, 5.41) is 12.6. The summed E-state index contributed by atoms with van der Waals surface area (Å²) in [6, 6.07) is 89.5. The van der Waals surface area contributed by atoms with Crippen molar-refractivity contribution < 1.29 is 4.42 Å². The summed E-state index contributed by atoms with van der Waals surface area (Å²) >= 11 is 0. The van der Waals surface area contributed by atoms with E-state index in [9.17, 15) is 0 Å². The van der Waals surface area contributed by atoms with E-state index in [0.717, 1.165) is 61.6 Å². The van der Waals surface area contributed by atoms with Crippen molar-refractivity contribution in [2.75, 3.05) is 4.90 Å². The second kappa shape index (κ2) is 15.9. The summed E-state index contributed by atoms with van der Waals surface area (Å²) in [4.78, 5) is 12.9. The number of benzene rings is 9. The summed E-state index contributed by atoms with van der Waals surface area (Å²) in [6.45, 7) is 0. The molecule has 0 N–H and O–H groups in total. The van der Waals surface area contributed by atoms with Gasteiger partial charge in [0, 0.05) is 29.9 Å². The first-order chi connectivity index (χ1) is 33.7. The maximum Gasteiger partial charge on any atom is 0.184 e. The van der Waals surface area contributed by atoms with Gasteiger partial charge in [-0.1, -0.05) is 200 Å². The second-order valence-electron chi connectivity index (χ2n) is 17.7. The Labute approximate surface area is 396 Å². The lowest BCUT2D eigenvalue weighted by Crippen LogP contribution is -2.78. The van der Waals surface area contributed by atoms with E-state index in [2.05, 4.69) is 253 Å². The molecule has 0 radical (unpaired) electrons. The molecule has 12 aromatic rings. The molecule has 4 heterocycles. The second-order valence-corrected chi connectivity index (χ2v) is 25.3. The molecule has 0 atom stereocenters. The average Bonchev–Trinajstić information content (AvgIpc) is 3.97.